The van der Waals surface area contributed by atoms with Gasteiger partial charge in [-0.3, -0.25) is 4.90 Å². The van der Waals surface area contributed by atoms with Gasteiger partial charge in [-0.1, -0.05) is 49.9 Å². The lowest BCUT2D eigenvalue weighted by Crippen LogP contribution is -2.38. The van der Waals surface area contributed by atoms with E-state index in [4.69, 9.17) is 0 Å². The van der Waals surface area contributed by atoms with Gasteiger partial charge in [0, 0.05) is 18.8 Å². The molecule has 0 bridgehead atoms. The van der Waals surface area contributed by atoms with E-state index in [1.165, 1.54) is 22.3 Å². The molecule has 2 N–H and O–H groups in total. The van der Waals surface area contributed by atoms with E-state index in [9.17, 15) is 13.2 Å². The third-order valence-electron chi connectivity index (χ3n) is 6.50. The predicted octanol–water partition coefficient (Wildman–Crippen LogP) is 4.19. The van der Waals surface area contributed by atoms with Crippen LogP contribution in [0.15, 0.2) is 48.6 Å². The monoisotopic (exact) mass is 467 g/mol. The minimum absolute atomic E-state index is 0.281. The molecule has 6 nitrogen and oxygen atoms in total. The zero-order chi connectivity index (χ0) is 23.4. The number of carbonyl (C=O) groups excluding carboxylic acids is 1. The highest BCUT2D eigenvalue weighted by Crippen LogP contribution is 2.38. The fourth-order valence-electron chi connectivity index (χ4n) is 5.04. The summed E-state index contributed by atoms with van der Waals surface area (Å²) in [5.74, 6) is -0.281. The molecule has 0 aliphatic heterocycles. The van der Waals surface area contributed by atoms with Crippen molar-refractivity contribution >= 4 is 21.7 Å². The van der Waals surface area contributed by atoms with Crippen LogP contribution in [0, 0.1) is 0 Å². The largest absolute Gasteiger partial charge is 0.332 e. The molecule has 0 aromatic heterocycles. The maximum absolute atomic E-state index is 12.7. The third kappa shape index (κ3) is 5.84. The smallest absolute Gasteiger partial charge is 0.307 e. The Morgan fingerprint density at radius 2 is 1.67 bits per heavy atom. The predicted molar refractivity (Wildman–Crippen MR) is 133 cm³/mol. The summed E-state index contributed by atoms with van der Waals surface area (Å²) in [7, 11) is -3.84. The van der Waals surface area contributed by atoms with Crippen LogP contribution in [0.25, 0.3) is 0 Å². The van der Waals surface area contributed by atoms with E-state index in [-0.39, 0.29) is 5.75 Å². The molecule has 2 aromatic carbocycles. The number of sulfonamides is 1. The van der Waals surface area contributed by atoms with Gasteiger partial charge in [0.1, 0.15) is 0 Å². The van der Waals surface area contributed by atoms with Crippen molar-refractivity contribution in [3.8, 4) is 0 Å². The number of aryl methyl sites for hydroxylation is 2. The molecular weight excluding hydrogens is 434 g/mol. The number of hydrogen-bond donors (Lipinski definition) is 2. The number of nitrogens with zero attached hydrogens (tertiary/aromatic N) is 1. The van der Waals surface area contributed by atoms with Gasteiger partial charge in [0.25, 0.3) is 0 Å². The molecule has 2 amide bonds. The summed E-state index contributed by atoms with van der Waals surface area (Å²) in [4.78, 5) is 14.8. The maximum Gasteiger partial charge on any atom is 0.332 e. The zero-order valence-electron chi connectivity index (χ0n) is 19.3. The van der Waals surface area contributed by atoms with Gasteiger partial charge in [-0.2, -0.15) is 0 Å². The van der Waals surface area contributed by atoms with Gasteiger partial charge >= 0.3 is 6.03 Å². The second-order valence-electron chi connectivity index (χ2n) is 9.09. The Balaban J connectivity index is 1.36. The van der Waals surface area contributed by atoms with E-state index in [2.05, 4.69) is 27.6 Å². The van der Waals surface area contributed by atoms with E-state index < -0.39 is 16.1 Å². The molecule has 7 heteroatoms. The van der Waals surface area contributed by atoms with E-state index >= 15 is 0 Å². The van der Waals surface area contributed by atoms with Gasteiger partial charge in [0.15, 0.2) is 0 Å². The fourth-order valence-corrected chi connectivity index (χ4v) is 6.07. The first-order valence-electron chi connectivity index (χ1n) is 11.8. The summed E-state index contributed by atoms with van der Waals surface area (Å²) in [6.45, 7) is 7.94. The van der Waals surface area contributed by atoms with Crippen LogP contribution >= 0.6 is 0 Å². The van der Waals surface area contributed by atoms with Crippen LogP contribution in [0.3, 0.4) is 0 Å². The van der Waals surface area contributed by atoms with Crippen molar-refractivity contribution in [2.45, 2.75) is 52.0 Å². The molecule has 0 unspecified atom stereocenters. The summed E-state index contributed by atoms with van der Waals surface area (Å²) in [5.41, 5.74) is 7.48. The van der Waals surface area contributed by atoms with Crippen molar-refractivity contribution in [3.05, 3.63) is 76.4 Å². The molecule has 0 radical (unpaired) electrons. The molecule has 0 saturated carbocycles. The molecule has 0 spiro atoms. The highest BCUT2D eigenvalue weighted by molar-refractivity contribution is 7.90. The molecule has 0 heterocycles. The molecule has 2 aliphatic rings. The standard InChI is InChI=1S/C26H33N3O3S/c1-3-29(17-20-9-5-4-6-10-20)16-19(2)18-33(31,32)28-26(30)27-25-23-13-7-11-21(23)15-22-12-8-14-24(22)25/h4-6,9-10,15H,2-3,7-8,11-14,16-18H2,1H3,(H2,27,28,30). The topological polar surface area (TPSA) is 78.5 Å². The lowest BCUT2D eigenvalue weighted by Gasteiger charge is -2.22. The highest BCUT2D eigenvalue weighted by atomic mass is 32.2. The number of fused-ring (bicyclic) bond motifs is 2. The second-order valence-corrected chi connectivity index (χ2v) is 10.8. The number of urea groups is 1. The normalized spacial score (nSPS) is 14.7. The molecule has 2 aromatic rings. The van der Waals surface area contributed by atoms with Crippen LogP contribution in [0.4, 0.5) is 10.5 Å². The molecule has 4 rings (SSSR count). The van der Waals surface area contributed by atoms with Crippen molar-refractivity contribution < 1.29 is 13.2 Å². The summed E-state index contributed by atoms with van der Waals surface area (Å²) in [5, 5.41) is 2.89. The minimum Gasteiger partial charge on any atom is -0.307 e. The molecule has 33 heavy (non-hydrogen) atoms. The number of hydrogen-bond acceptors (Lipinski definition) is 4. The molecule has 0 atom stereocenters. The number of likely N-dealkylation sites (N-methyl/N-ethyl adjacent to an activating group) is 1. The maximum atomic E-state index is 12.7. The number of amides is 2. The van der Waals surface area contributed by atoms with Crippen LogP contribution in [0.5, 0.6) is 0 Å². The summed E-state index contributed by atoms with van der Waals surface area (Å²) in [6, 6.07) is 11.6. The SMILES string of the molecule is C=C(CN(CC)Cc1ccccc1)CS(=O)(=O)NC(=O)Nc1c2c(cc3c1CCC3)CCC2. The van der Waals surface area contributed by atoms with Crippen LogP contribution in [0.1, 0.15) is 47.6 Å². The summed E-state index contributed by atoms with van der Waals surface area (Å²) in [6.07, 6.45) is 6.04. The average Bonchev–Trinajstić information content (AvgIpc) is 3.42. The van der Waals surface area contributed by atoms with E-state index in [1.807, 2.05) is 37.3 Å². The van der Waals surface area contributed by atoms with E-state index in [1.54, 1.807) is 0 Å². The van der Waals surface area contributed by atoms with Crippen LogP contribution in [-0.2, 0) is 42.3 Å². The third-order valence-corrected chi connectivity index (χ3v) is 7.78. The Bertz CT molecular complexity index is 1110. The quantitative estimate of drug-likeness (QED) is 0.542. The first-order valence-corrected chi connectivity index (χ1v) is 13.4. The Labute approximate surface area is 197 Å². The molecule has 2 aliphatic carbocycles. The second kappa shape index (κ2) is 10.1. The lowest BCUT2D eigenvalue weighted by molar-refractivity contribution is 0.256. The highest BCUT2D eigenvalue weighted by Gasteiger charge is 2.26. The number of benzene rings is 2. The first-order chi connectivity index (χ1) is 15.8. The van der Waals surface area contributed by atoms with E-state index in [0.29, 0.717) is 18.7 Å². The van der Waals surface area contributed by atoms with Crippen molar-refractivity contribution in [1.82, 2.24) is 9.62 Å². The van der Waals surface area contributed by atoms with E-state index in [0.717, 1.165) is 56.3 Å². The average molecular weight is 468 g/mol. The van der Waals surface area contributed by atoms with Gasteiger partial charge in [-0.05, 0) is 78.5 Å². The van der Waals surface area contributed by atoms with Crippen LogP contribution in [-0.4, -0.2) is 38.2 Å². The Kier molecular flexibility index (Phi) is 7.20. The van der Waals surface area contributed by atoms with Gasteiger partial charge < -0.3 is 5.32 Å². The van der Waals surface area contributed by atoms with Gasteiger partial charge in [-0.15, -0.1) is 0 Å². The zero-order valence-corrected chi connectivity index (χ0v) is 20.1. The first kappa shape index (κ1) is 23.5. The molecule has 0 fully saturated rings. The molecule has 0 saturated heterocycles. The van der Waals surface area contributed by atoms with Crippen molar-refractivity contribution in [2.75, 3.05) is 24.2 Å². The van der Waals surface area contributed by atoms with Gasteiger partial charge in [0.2, 0.25) is 10.0 Å². The van der Waals surface area contributed by atoms with Gasteiger partial charge in [-0.25, -0.2) is 17.9 Å². The number of nitrogens with one attached hydrogen (secondary N) is 2. The summed E-state index contributed by atoms with van der Waals surface area (Å²) < 4.78 is 27.6. The van der Waals surface area contributed by atoms with Crippen molar-refractivity contribution in [1.29, 1.82) is 0 Å². The summed E-state index contributed by atoms with van der Waals surface area (Å²) >= 11 is 0. The van der Waals surface area contributed by atoms with Crippen molar-refractivity contribution in [2.24, 2.45) is 0 Å². The van der Waals surface area contributed by atoms with Crippen molar-refractivity contribution in [3.63, 3.8) is 0 Å². The van der Waals surface area contributed by atoms with Crippen LogP contribution < -0.4 is 10.0 Å². The van der Waals surface area contributed by atoms with Gasteiger partial charge in [0.05, 0.1) is 5.75 Å². The fraction of sp³-hybridized carbons (Fsp3) is 0.423. The Morgan fingerprint density at radius 3 is 2.27 bits per heavy atom. The molecule has 176 valence electrons. The number of anilines is 1. The minimum atomic E-state index is -3.84. The Hall–Kier alpha value is -2.64. The van der Waals surface area contributed by atoms with Crippen LogP contribution in [0.2, 0.25) is 0 Å². The Morgan fingerprint density at radius 1 is 1.03 bits per heavy atom. The lowest BCUT2D eigenvalue weighted by atomic mass is 9.99. The number of carbonyl (C=O) groups is 1. The molecular formula is C26H33N3O3S. The number of rotatable bonds is 9.